The third-order valence-corrected chi connectivity index (χ3v) is 1.33. The maximum Gasteiger partial charge on any atom is 0.434 e. The Morgan fingerprint density at radius 3 is 2.64 bits per heavy atom. The standard InChI is InChI=1S/C10H19NO3/c1-5-7-11(10(12)13-6-2)14-8-9(3)4/h5,9H,1,6-8H2,2-4H3. The minimum absolute atomic E-state index is 0.339. The molecule has 0 aromatic carbocycles. The zero-order valence-corrected chi connectivity index (χ0v) is 9.16. The first kappa shape index (κ1) is 13.0. The van der Waals surface area contributed by atoms with Crippen molar-refractivity contribution in [2.24, 2.45) is 5.92 Å². The molecule has 0 fully saturated rings. The molecule has 0 aliphatic carbocycles. The Hall–Kier alpha value is -1.03. The molecule has 4 nitrogen and oxygen atoms in total. The number of rotatable bonds is 6. The highest BCUT2D eigenvalue weighted by atomic mass is 16.7. The van der Waals surface area contributed by atoms with Crippen LogP contribution in [0.5, 0.6) is 0 Å². The first-order valence-corrected chi connectivity index (χ1v) is 4.79. The minimum Gasteiger partial charge on any atom is -0.448 e. The Balaban J connectivity index is 3.99. The van der Waals surface area contributed by atoms with Gasteiger partial charge in [0.2, 0.25) is 0 Å². The Labute approximate surface area is 85.4 Å². The summed E-state index contributed by atoms with van der Waals surface area (Å²) in [6.45, 7) is 10.5. The van der Waals surface area contributed by atoms with Crippen LogP contribution < -0.4 is 0 Å². The average Bonchev–Trinajstić information content (AvgIpc) is 2.12. The van der Waals surface area contributed by atoms with Gasteiger partial charge in [0, 0.05) is 0 Å². The maximum atomic E-state index is 11.3. The van der Waals surface area contributed by atoms with Crippen LogP contribution in [0.25, 0.3) is 0 Å². The molecule has 0 aliphatic heterocycles. The third kappa shape index (κ3) is 5.59. The number of hydrogen-bond acceptors (Lipinski definition) is 3. The van der Waals surface area contributed by atoms with Gasteiger partial charge < -0.3 is 4.74 Å². The van der Waals surface area contributed by atoms with Crippen LogP contribution in [-0.2, 0) is 9.57 Å². The molecule has 0 aromatic rings. The summed E-state index contributed by atoms with van der Waals surface area (Å²) in [6.07, 6.45) is 1.13. The summed E-state index contributed by atoms with van der Waals surface area (Å²) in [5.74, 6) is 0.372. The van der Waals surface area contributed by atoms with E-state index in [0.29, 0.717) is 25.7 Å². The summed E-state index contributed by atoms with van der Waals surface area (Å²) in [6, 6.07) is 0. The van der Waals surface area contributed by atoms with Gasteiger partial charge in [0.25, 0.3) is 0 Å². The van der Waals surface area contributed by atoms with E-state index in [1.54, 1.807) is 13.0 Å². The predicted octanol–water partition coefficient (Wildman–Crippen LogP) is 2.22. The number of amides is 1. The van der Waals surface area contributed by atoms with E-state index < -0.39 is 6.09 Å². The summed E-state index contributed by atoms with van der Waals surface area (Å²) in [7, 11) is 0. The van der Waals surface area contributed by atoms with Crippen molar-refractivity contribution in [1.29, 1.82) is 0 Å². The van der Waals surface area contributed by atoms with Crippen molar-refractivity contribution in [3.8, 4) is 0 Å². The number of carbonyl (C=O) groups is 1. The van der Waals surface area contributed by atoms with Crippen molar-refractivity contribution in [2.75, 3.05) is 19.8 Å². The van der Waals surface area contributed by atoms with Crippen molar-refractivity contribution in [1.82, 2.24) is 5.06 Å². The van der Waals surface area contributed by atoms with Crippen LogP contribution in [0.3, 0.4) is 0 Å². The van der Waals surface area contributed by atoms with Crippen LogP contribution in [0.1, 0.15) is 20.8 Å². The topological polar surface area (TPSA) is 38.8 Å². The van der Waals surface area contributed by atoms with E-state index in [2.05, 4.69) is 6.58 Å². The lowest BCUT2D eigenvalue weighted by atomic mass is 10.2. The minimum atomic E-state index is -0.465. The highest BCUT2D eigenvalue weighted by Crippen LogP contribution is 2.00. The van der Waals surface area contributed by atoms with Gasteiger partial charge in [-0.1, -0.05) is 19.9 Å². The Bertz CT molecular complexity index is 180. The molecular weight excluding hydrogens is 182 g/mol. The van der Waals surface area contributed by atoms with E-state index in [1.807, 2.05) is 13.8 Å². The lowest BCUT2D eigenvalue weighted by Crippen LogP contribution is -2.33. The normalized spacial score (nSPS) is 10.0. The second-order valence-electron chi connectivity index (χ2n) is 3.24. The van der Waals surface area contributed by atoms with Crippen LogP contribution in [-0.4, -0.2) is 30.9 Å². The van der Waals surface area contributed by atoms with Crippen LogP contribution in [0.15, 0.2) is 12.7 Å². The van der Waals surface area contributed by atoms with Gasteiger partial charge in [-0.25, -0.2) is 4.79 Å². The summed E-state index contributed by atoms with van der Waals surface area (Å²) in [5, 5.41) is 1.18. The van der Waals surface area contributed by atoms with E-state index in [0.717, 1.165) is 0 Å². The van der Waals surface area contributed by atoms with E-state index in [9.17, 15) is 4.79 Å². The van der Waals surface area contributed by atoms with Crippen LogP contribution >= 0.6 is 0 Å². The van der Waals surface area contributed by atoms with Gasteiger partial charge in [-0.15, -0.1) is 6.58 Å². The summed E-state index contributed by atoms with van der Waals surface area (Å²) >= 11 is 0. The van der Waals surface area contributed by atoms with Crippen LogP contribution in [0, 0.1) is 5.92 Å². The molecule has 0 unspecified atom stereocenters. The fourth-order valence-electron chi connectivity index (χ4n) is 0.732. The van der Waals surface area contributed by atoms with Gasteiger partial charge in [0.15, 0.2) is 0 Å². The highest BCUT2D eigenvalue weighted by Gasteiger charge is 2.13. The van der Waals surface area contributed by atoms with E-state index in [4.69, 9.17) is 9.57 Å². The molecule has 0 aromatic heterocycles. The zero-order chi connectivity index (χ0) is 11.0. The molecule has 0 saturated heterocycles. The second kappa shape index (κ2) is 7.38. The quantitative estimate of drug-likeness (QED) is 0.488. The molecule has 4 heteroatoms. The van der Waals surface area contributed by atoms with Crippen LogP contribution in [0.2, 0.25) is 0 Å². The van der Waals surface area contributed by atoms with Crippen molar-refractivity contribution < 1.29 is 14.4 Å². The molecule has 0 heterocycles. The van der Waals surface area contributed by atoms with Gasteiger partial charge in [-0.3, -0.25) is 4.84 Å². The number of nitrogens with zero attached hydrogens (tertiary/aromatic N) is 1. The fraction of sp³-hybridized carbons (Fsp3) is 0.700. The molecule has 0 rings (SSSR count). The monoisotopic (exact) mass is 201 g/mol. The SMILES string of the molecule is C=CCN(OCC(C)C)C(=O)OCC. The fourth-order valence-corrected chi connectivity index (χ4v) is 0.732. The molecule has 0 N–H and O–H groups in total. The lowest BCUT2D eigenvalue weighted by molar-refractivity contribution is -0.137. The van der Waals surface area contributed by atoms with Gasteiger partial charge in [0.1, 0.15) is 0 Å². The molecule has 1 amide bonds. The molecule has 0 atom stereocenters. The molecular formula is C10H19NO3. The molecule has 0 saturated carbocycles. The Kier molecular flexibility index (Phi) is 6.84. The first-order valence-electron chi connectivity index (χ1n) is 4.79. The van der Waals surface area contributed by atoms with Gasteiger partial charge in [-0.05, 0) is 12.8 Å². The van der Waals surface area contributed by atoms with E-state index >= 15 is 0 Å². The first-order chi connectivity index (χ1) is 6.61. The van der Waals surface area contributed by atoms with E-state index in [1.165, 1.54) is 5.06 Å². The predicted molar refractivity (Wildman–Crippen MR) is 54.7 cm³/mol. The third-order valence-electron chi connectivity index (χ3n) is 1.33. The molecule has 14 heavy (non-hydrogen) atoms. The highest BCUT2D eigenvalue weighted by molar-refractivity contribution is 5.66. The number of hydrogen-bond donors (Lipinski definition) is 0. The van der Waals surface area contributed by atoms with Crippen molar-refractivity contribution in [3.05, 3.63) is 12.7 Å². The summed E-state index contributed by atoms with van der Waals surface area (Å²) < 4.78 is 4.80. The number of carbonyl (C=O) groups excluding carboxylic acids is 1. The van der Waals surface area contributed by atoms with E-state index in [-0.39, 0.29) is 0 Å². The summed E-state index contributed by atoms with van der Waals surface area (Å²) in [4.78, 5) is 16.5. The molecule has 0 bridgehead atoms. The second-order valence-corrected chi connectivity index (χ2v) is 3.24. The zero-order valence-electron chi connectivity index (χ0n) is 9.16. The number of ether oxygens (including phenoxy) is 1. The Morgan fingerprint density at radius 2 is 2.21 bits per heavy atom. The number of hydroxylamine groups is 2. The van der Waals surface area contributed by atoms with Crippen LogP contribution in [0.4, 0.5) is 4.79 Å². The largest absolute Gasteiger partial charge is 0.448 e. The summed E-state index contributed by atoms with van der Waals surface area (Å²) in [5.41, 5.74) is 0. The molecule has 82 valence electrons. The lowest BCUT2D eigenvalue weighted by Gasteiger charge is -2.20. The van der Waals surface area contributed by atoms with Gasteiger partial charge in [0.05, 0.1) is 19.8 Å². The molecule has 0 aliphatic rings. The van der Waals surface area contributed by atoms with Crippen molar-refractivity contribution in [2.45, 2.75) is 20.8 Å². The molecule has 0 spiro atoms. The van der Waals surface area contributed by atoms with Crippen molar-refractivity contribution >= 4 is 6.09 Å². The average molecular weight is 201 g/mol. The van der Waals surface area contributed by atoms with Crippen molar-refractivity contribution in [3.63, 3.8) is 0 Å². The Morgan fingerprint density at radius 1 is 1.57 bits per heavy atom. The maximum absolute atomic E-state index is 11.3. The van der Waals surface area contributed by atoms with Gasteiger partial charge >= 0.3 is 6.09 Å². The van der Waals surface area contributed by atoms with Gasteiger partial charge in [-0.2, -0.15) is 5.06 Å². The molecule has 0 radical (unpaired) electrons. The smallest absolute Gasteiger partial charge is 0.434 e.